The molecule has 0 saturated heterocycles. The van der Waals surface area contributed by atoms with Gasteiger partial charge in [0.15, 0.2) is 0 Å². The highest BCUT2D eigenvalue weighted by Gasteiger charge is 2.22. The summed E-state index contributed by atoms with van der Waals surface area (Å²) in [5.41, 5.74) is 6.81. The molecule has 0 N–H and O–H groups in total. The molecule has 8 rings (SSSR count). The molecular formula is C36H22O2. The second-order valence-electron chi connectivity index (χ2n) is 9.67. The van der Waals surface area contributed by atoms with Crippen molar-refractivity contribution >= 4 is 21.5 Å². The molecule has 178 valence electrons. The van der Waals surface area contributed by atoms with Gasteiger partial charge in [0.2, 0.25) is 0 Å². The summed E-state index contributed by atoms with van der Waals surface area (Å²) in [5, 5.41) is 4.71. The summed E-state index contributed by atoms with van der Waals surface area (Å²) in [6, 6.07) is 46.5. The summed E-state index contributed by atoms with van der Waals surface area (Å²) in [5.74, 6) is 3.47. The third-order valence-corrected chi connectivity index (χ3v) is 7.54. The van der Waals surface area contributed by atoms with Gasteiger partial charge in [-0.1, -0.05) is 103 Å². The van der Waals surface area contributed by atoms with Crippen LogP contribution in [-0.4, -0.2) is 0 Å². The highest BCUT2D eigenvalue weighted by Crippen LogP contribution is 2.49. The van der Waals surface area contributed by atoms with Crippen LogP contribution in [0.1, 0.15) is 0 Å². The quantitative estimate of drug-likeness (QED) is 0.248. The SMILES string of the molecule is c1ccc2c(c1)Oc1ccc(-c3ccc(-c4ccccc4-c4cccc5ccccc45)o3)c3cccc-2c13. The van der Waals surface area contributed by atoms with Crippen LogP contribution >= 0.6 is 0 Å². The minimum absolute atomic E-state index is 0.843. The van der Waals surface area contributed by atoms with E-state index in [2.05, 4.69) is 121 Å². The van der Waals surface area contributed by atoms with E-state index in [-0.39, 0.29) is 0 Å². The van der Waals surface area contributed by atoms with Crippen molar-refractivity contribution in [2.75, 3.05) is 0 Å². The minimum Gasteiger partial charge on any atom is -0.456 e. The molecule has 7 aromatic rings. The molecule has 2 heterocycles. The van der Waals surface area contributed by atoms with Crippen molar-refractivity contribution in [3.05, 3.63) is 133 Å². The number of furan rings is 1. The average molecular weight is 487 g/mol. The molecule has 1 aromatic heterocycles. The molecule has 2 heteroatoms. The fourth-order valence-electron chi connectivity index (χ4n) is 5.82. The first-order valence-electron chi connectivity index (χ1n) is 12.9. The van der Waals surface area contributed by atoms with E-state index in [1.54, 1.807) is 0 Å². The van der Waals surface area contributed by atoms with Gasteiger partial charge in [-0.25, -0.2) is 0 Å². The number of hydrogen-bond acceptors (Lipinski definition) is 2. The van der Waals surface area contributed by atoms with Crippen molar-refractivity contribution in [2.45, 2.75) is 0 Å². The smallest absolute Gasteiger partial charge is 0.135 e. The Morgan fingerprint density at radius 1 is 0.342 bits per heavy atom. The van der Waals surface area contributed by atoms with Gasteiger partial charge in [0.05, 0.1) is 0 Å². The van der Waals surface area contributed by atoms with Gasteiger partial charge >= 0.3 is 0 Å². The molecule has 0 aliphatic carbocycles. The second kappa shape index (κ2) is 8.22. The fraction of sp³-hybridized carbons (Fsp3) is 0. The van der Waals surface area contributed by atoms with Crippen molar-refractivity contribution in [3.8, 4) is 56.4 Å². The van der Waals surface area contributed by atoms with E-state index in [1.807, 2.05) is 12.1 Å². The van der Waals surface area contributed by atoms with Gasteiger partial charge in [0.25, 0.3) is 0 Å². The van der Waals surface area contributed by atoms with Crippen molar-refractivity contribution in [2.24, 2.45) is 0 Å². The Kier molecular flexibility index (Phi) is 4.55. The lowest BCUT2D eigenvalue weighted by Gasteiger charge is -2.22. The van der Waals surface area contributed by atoms with Crippen molar-refractivity contribution in [1.82, 2.24) is 0 Å². The summed E-state index contributed by atoms with van der Waals surface area (Å²) >= 11 is 0. The van der Waals surface area contributed by atoms with Gasteiger partial charge in [-0.2, -0.15) is 0 Å². The third kappa shape index (κ3) is 3.14. The summed E-state index contributed by atoms with van der Waals surface area (Å²) < 4.78 is 12.9. The predicted molar refractivity (Wildman–Crippen MR) is 156 cm³/mol. The molecule has 1 aliphatic heterocycles. The number of ether oxygens (including phenoxy) is 1. The first-order valence-corrected chi connectivity index (χ1v) is 12.9. The molecule has 0 amide bonds. The second-order valence-corrected chi connectivity index (χ2v) is 9.67. The van der Waals surface area contributed by atoms with E-state index in [1.165, 1.54) is 21.9 Å². The Morgan fingerprint density at radius 3 is 1.89 bits per heavy atom. The molecule has 0 bridgehead atoms. The first-order chi connectivity index (χ1) is 18.8. The highest BCUT2D eigenvalue weighted by atomic mass is 16.5. The molecule has 0 spiro atoms. The van der Waals surface area contributed by atoms with Gasteiger partial charge in [0.1, 0.15) is 23.0 Å². The third-order valence-electron chi connectivity index (χ3n) is 7.54. The Balaban J connectivity index is 1.28. The van der Waals surface area contributed by atoms with Crippen LogP contribution in [-0.2, 0) is 0 Å². The zero-order valence-corrected chi connectivity index (χ0v) is 20.5. The molecule has 2 nitrogen and oxygen atoms in total. The van der Waals surface area contributed by atoms with Crippen LogP contribution < -0.4 is 4.74 Å². The van der Waals surface area contributed by atoms with Gasteiger partial charge in [-0.3, -0.25) is 0 Å². The number of rotatable bonds is 3. The zero-order chi connectivity index (χ0) is 25.1. The van der Waals surface area contributed by atoms with Crippen LogP contribution in [0.5, 0.6) is 11.5 Å². The lowest BCUT2D eigenvalue weighted by atomic mass is 9.92. The van der Waals surface area contributed by atoms with E-state index in [4.69, 9.17) is 9.15 Å². The predicted octanol–water partition coefficient (Wildman–Crippen LogP) is 10.4. The lowest BCUT2D eigenvalue weighted by Crippen LogP contribution is -1.97. The van der Waals surface area contributed by atoms with Crippen molar-refractivity contribution in [1.29, 1.82) is 0 Å². The maximum absolute atomic E-state index is 6.60. The molecule has 0 fully saturated rings. The average Bonchev–Trinajstić information content (AvgIpc) is 3.47. The first kappa shape index (κ1) is 21.0. The Labute approximate surface area is 220 Å². The van der Waals surface area contributed by atoms with Crippen LogP contribution in [0.25, 0.3) is 66.4 Å². The number of fused-ring (bicyclic) bond motifs is 3. The van der Waals surface area contributed by atoms with Gasteiger partial charge < -0.3 is 9.15 Å². The zero-order valence-electron chi connectivity index (χ0n) is 20.5. The highest BCUT2D eigenvalue weighted by molar-refractivity contribution is 6.09. The van der Waals surface area contributed by atoms with E-state index < -0.39 is 0 Å². The fourth-order valence-corrected chi connectivity index (χ4v) is 5.82. The van der Waals surface area contributed by atoms with Gasteiger partial charge in [-0.05, 0) is 63.2 Å². The van der Waals surface area contributed by atoms with Gasteiger partial charge in [-0.15, -0.1) is 0 Å². The molecule has 0 unspecified atom stereocenters. The van der Waals surface area contributed by atoms with Crippen LogP contribution in [0, 0.1) is 0 Å². The molecule has 0 radical (unpaired) electrons. The summed E-state index contributed by atoms with van der Waals surface area (Å²) in [6.07, 6.45) is 0. The molecule has 6 aromatic carbocycles. The monoisotopic (exact) mass is 486 g/mol. The lowest BCUT2D eigenvalue weighted by molar-refractivity contribution is 0.487. The van der Waals surface area contributed by atoms with Crippen LogP contribution in [0.3, 0.4) is 0 Å². The summed E-state index contributed by atoms with van der Waals surface area (Å²) in [6.45, 7) is 0. The maximum atomic E-state index is 6.60. The molecule has 0 atom stereocenters. The Bertz CT molecular complexity index is 2010. The molecule has 1 aliphatic rings. The topological polar surface area (TPSA) is 22.4 Å². The molecule has 0 saturated carbocycles. The maximum Gasteiger partial charge on any atom is 0.135 e. The largest absolute Gasteiger partial charge is 0.456 e. The van der Waals surface area contributed by atoms with E-state index in [9.17, 15) is 0 Å². The summed E-state index contributed by atoms with van der Waals surface area (Å²) in [7, 11) is 0. The minimum atomic E-state index is 0.843. The van der Waals surface area contributed by atoms with E-state index in [0.29, 0.717) is 0 Å². The normalized spacial score (nSPS) is 11.9. The van der Waals surface area contributed by atoms with E-state index in [0.717, 1.165) is 56.0 Å². The Morgan fingerprint density at radius 2 is 0.974 bits per heavy atom. The van der Waals surface area contributed by atoms with Crippen LogP contribution in [0.15, 0.2) is 138 Å². The van der Waals surface area contributed by atoms with Crippen molar-refractivity contribution in [3.63, 3.8) is 0 Å². The number of para-hydroxylation sites is 1. The van der Waals surface area contributed by atoms with E-state index >= 15 is 0 Å². The number of hydrogen-bond donors (Lipinski definition) is 0. The molecular weight excluding hydrogens is 464 g/mol. The van der Waals surface area contributed by atoms with Crippen LogP contribution in [0.2, 0.25) is 0 Å². The molecule has 38 heavy (non-hydrogen) atoms. The standard InChI is InChI=1S/C36H22O2/c1-2-11-24-23(9-1)10-7-15-25(24)26-12-3-4-13-27(26)33-21-22-34(37-33)29-19-20-35-36-30(16-8-17-31(29)36)28-14-5-6-18-32(28)38-35/h1-22H. The van der Waals surface area contributed by atoms with Crippen molar-refractivity contribution < 1.29 is 9.15 Å². The summed E-state index contributed by atoms with van der Waals surface area (Å²) in [4.78, 5) is 0. The van der Waals surface area contributed by atoms with Gasteiger partial charge in [0, 0.05) is 22.1 Å². The van der Waals surface area contributed by atoms with Crippen LogP contribution in [0.4, 0.5) is 0 Å². The Hall–Kier alpha value is -5.08. The number of benzene rings is 6.